The van der Waals surface area contributed by atoms with E-state index in [0.29, 0.717) is 12.5 Å². The Morgan fingerprint density at radius 3 is 2.42 bits per heavy atom. The second kappa shape index (κ2) is 8.65. The van der Waals surface area contributed by atoms with Crippen molar-refractivity contribution in [1.82, 2.24) is 4.90 Å². The van der Waals surface area contributed by atoms with Crippen LogP contribution in [-0.4, -0.2) is 36.9 Å². The Morgan fingerprint density at radius 1 is 1.00 bits per heavy atom. The van der Waals surface area contributed by atoms with Crippen molar-refractivity contribution >= 4 is 5.84 Å². The maximum absolute atomic E-state index is 5.79. The first-order valence-electron chi connectivity index (χ1n) is 8.96. The quantitative estimate of drug-likeness (QED) is 0.809. The molecule has 0 aliphatic carbocycles. The van der Waals surface area contributed by atoms with Gasteiger partial charge in [-0.25, -0.2) is 0 Å². The molecular weight excluding hydrogens is 294 g/mol. The molecule has 1 atom stereocenters. The van der Waals surface area contributed by atoms with Crippen LogP contribution in [0.1, 0.15) is 29.9 Å². The van der Waals surface area contributed by atoms with Crippen molar-refractivity contribution in [2.45, 2.75) is 25.2 Å². The zero-order chi connectivity index (χ0) is 16.6. The van der Waals surface area contributed by atoms with Crippen LogP contribution in [0, 0.1) is 0 Å². The van der Waals surface area contributed by atoms with Gasteiger partial charge in [0.1, 0.15) is 5.84 Å². The van der Waals surface area contributed by atoms with Crippen molar-refractivity contribution in [3.63, 3.8) is 0 Å². The molecule has 0 bridgehead atoms. The highest BCUT2D eigenvalue weighted by Crippen LogP contribution is 2.27. The molecule has 0 saturated carbocycles. The summed E-state index contributed by atoms with van der Waals surface area (Å²) < 4.78 is 0. The van der Waals surface area contributed by atoms with Crippen LogP contribution in [0.15, 0.2) is 65.7 Å². The van der Waals surface area contributed by atoms with E-state index in [4.69, 9.17) is 10.7 Å². The first-order chi connectivity index (χ1) is 11.9. The van der Waals surface area contributed by atoms with Crippen molar-refractivity contribution in [3.05, 3.63) is 71.8 Å². The zero-order valence-electron chi connectivity index (χ0n) is 14.3. The van der Waals surface area contributed by atoms with E-state index in [2.05, 4.69) is 65.6 Å². The normalized spacial score (nSPS) is 15.4. The average Bonchev–Trinajstić information content (AvgIpc) is 3.09. The molecule has 2 aromatic carbocycles. The van der Waals surface area contributed by atoms with Gasteiger partial charge in [0.25, 0.3) is 0 Å². The molecule has 1 unspecified atom stereocenters. The molecule has 0 radical (unpaired) electrons. The molecule has 3 heteroatoms. The largest absolute Gasteiger partial charge is 0.357 e. The minimum atomic E-state index is 0.379. The molecule has 1 aliphatic heterocycles. The fraction of sp³-hybridized carbons (Fsp3) is 0.381. The molecule has 0 saturated heterocycles. The zero-order valence-corrected chi connectivity index (χ0v) is 14.3. The van der Waals surface area contributed by atoms with Crippen LogP contribution in [0.5, 0.6) is 0 Å². The molecule has 3 rings (SSSR count). The van der Waals surface area contributed by atoms with Crippen LogP contribution in [0.4, 0.5) is 0 Å². The van der Waals surface area contributed by atoms with Crippen LogP contribution >= 0.6 is 0 Å². The Kier molecular flexibility index (Phi) is 6.02. The molecule has 2 N–H and O–H groups in total. The summed E-state index contributed by atoms with van der Waals surface area (Å²) in [5.74, 6) is 1.61. The standard InChI is InChI=1S/C21H27N3/c22-14-16-24-17-15-23-21(24)20(19-11-5-2-6-12-19)13-7-10-18-8-3-1-4-9-18/h1-6,8-9,11-12,20H,7,10,13-17,22H2. The van der Waals surface area contributed by atoms with Gasteiger partial charge in [0, 0.05) is 25.6 Å². The molecule has 0 amide bonds. The fourth-order valence-electron chi connectivity index (χ4n) is 3.50. The molecule has 1 heterocycles. The predicted molar refractivity (Wildman–Crippen MR) is 101 cm³/mol. The summed E-state index contributed by atoms with van der Waals surface area (Å²) in [4.78, 5) is 7.20. The molecule has 0 fully saturated rings. The lowest BCUT2D eigenvalue weighted by Gasteiger charge is -2.26. The maximum atomic E-state index is 5.79. The van der Waals surface area contributed by atoms with Crippen molar-refractivity contribution in [2.75, 3.05) is 26.2 Å². The van der Waals surface area contributed by atoms with Crippen molar-refractivity contribution in [3.8, 4) is 0 Å². The topological polar surface area (TPSA) is 41.6 Å². The Hall–Kier alpha value is -2.13. The molecule has 3 nitrogen and oxygen atoms in total. The highest BCUT2D eigenvalue weighted by Gasteiger charge is 2.25. The minimum Gasteiger partial charge on any atom is -0.357 e. The first kappa shape index (κ1) is 16.7. The van der Waals surface area contributed by atoms with Crippen molar-refractivity contribution in [1.29, 1.82) is 0 Å². The summed E-state index contributed by atoms with van der Waals surface area (Å²) in [5, 5.41) is 0. The second-order valence-electron chi connectivity index (χ2n) is 6.36. The van der Waals surface area contributed by atoms with Gasteiger partial charge in [-0.15, -0.1) is 0 Å². The van der Waals surface area contributed by atoms with E-state index < -0.39 is 0 Å². The van der Waals surface area contributed by atoms with Gasteiger partial charge in [-0.05, 0) is 30.4 Å². The van der Waals surface area contributed by atoms with E-state index in [1.54, 1.807) is 0 Å². The number of benzene rings is 2. The van der Waals surface area contributed by atoms with Gasteiger partial charge in [0.15, 0.2) is 0 Å². The van der Waals surface area contributed by atoms with E-state index in [-0.39, 0.29) is 0 Å². The number of hydrogen-bond acceptors (Lipinski definition) is 3. The van der Waals surface area contributed by atoms with Crippen LogP contribution in [0.2, 0.25) is 0 Å². The SMILES string of the molecule is NCCN1CCN=C1C(CCCc1ccccc1)c1ccccc1. The number of aliphatic imine (C=N–C) groups is 1. The molecule has 0 aromatic heterocycles. The van der Waals surface area contributed by atoms with Gasteiger partial charge in [-0.2, -0.15) is 0 Å². The highest BCUT2D eigenvalue weighted by atomic mass is 15.2. The summed E-state index contributed by atoms with van der Waals surface area (Å²) >= 11 is 0. The predicted octanol–water partition coefficient (Wildman–Crippen LogP) is 3.47. The van der Waals surface area contributed by atoms with Gasteiger partial charge in [0.2, 0.25) is 0 Å². The molecule has 2 aromatic rings. The van der Waals surface area contributed by atoms with E-state index in [9.17, 15) is 0 Å². The van der Waals surface area contributed by atoms with Gasteiger partial charge in [-0.3, -0.25) is 4.99 Å². The lowest BCUT2D eigenvalue weighted by atomic mass is 9.91. The van der Waals surface area contributed by atoms with Gasteiger partial charge in [-0.1, -0.05) is 60.7 Å². The van der Waals surface area contributed by atoms with E-state index in [1.165, 1.54) is 23.4 Å². The third-order valence-corrected chi connectivity index (χ3v) is 4.68. The summed E-state index contributed by atoms with van der Waals surface area (Å²) in [5.41, 5.74) is 8.57. The molecular formula is C21H27N3. The third-order valence-electron chi connectivity index (χ3n) is 4.68. The Balaban J connectivity index is 1.71. The number of aryl methyl sites for hydroxylation is 1. The van der Waals surface area contributed by atoms with Crippen LogP contribution in [0.25, 0.3) is 0 Å². The molecule has 1 aliphatic rings. The van der Waals surface area contributed by atoms with Gasteiger partial charge < -0.3 is 10.6 Å². The van der Waals surface area contributed by atoms with Crippen LogP contribution < -0.4 is 5.73 Å². The van der Waals surface area contributed by atoms with Crippen molar-refractivity contribution in [2.24, 2.45) is 10.7 Å². The lowest BCUT2D eigenvalue weighted by molar-refractivity contribution is 0.448. The third kappa shape index (κ3) is 4.24. The summed E-state index contributed by atoms with van der Waals surface area (Å²) in [7, 11) is 0. The lowest BCUT2D eigenvalue weighted by Crippen LogP contribution is -2.36. The van der Waals surface area contributed by atoms with Gasteiger partial charge in [0.05, 0.1) is 6.54 Å². The Bertz CT molecular complexity index is 637. The van der Waals surface area contributed by atoms with Gasteiger partial charge >= 0.3 is 0 Å². The number of nitrogens with two attached hydrogens (primary N) is 1. The number of hydrogen-bond donors (Lipinski definition) is 1. The Labute approximate surface area is 145 Å². The minimum absolute atomic E-state index is 0.379. The maximum Gasteiger partial charge on any atom is 0.107 e. The molecule has 0 spiro atoms. The second-order valence-corrected chi connectivity index (χ2v) is 6.36. The summed E-state index contributed by atoms with van der Waals surface area (Å²) in [6.07, 6.45) is 3.41. The van der Waals surface area contributed by atoms with E-state index in [0.717, 1.165) is 32.5 Å². The summed E-state index contributed by atoms with van der Waals surface area (Å²) in [6, 6.07) is 21.5. The number of nitrogens with zero attached hydrogens (tertiary/aromatic N) is 2. The first-order valence-corrected chi connectivity index (χ1v) is 8.96. The van der Waals surface area contributed by atoms with E-state index >= 15 is 0 Å². The highest BCUT2D eigenvalue weighted by molar-refractivity contribution is 5.90. The van der Waals surface area contributed by atoms with E-state index in [1.807, 2.05) is 0 Å². The smallest absolute Gasteiger partial charge is 0.107 e. The number of amidine groups is 1. The molecule has 24 heavy (non-hydrogen) atoms. The monoisotopic (exact) mass is 321 g/mol. The number of rotatable bonds is 8. The van der Waals surface area contributed by atoms with Crippen molar-refractivity contribution < 1.29 is 0 Å². The van der Waals surface area contributed by atoms with Crippen LogP contribution in [-0.2, 0) is 6.42 Å². The molecule has 126 valence electrons. The average molecular weight is 321 g/mol. The fourth-order valence-corrected chi connectivity index (χ4v) is 3.50. The van der Waals surface area contributed by atoms with Crippen LogP contribution in [0.3, 0.4) is 0 Å². The summed E-state index contributed by atoms with van der Waals surface area (Å²) in [6.45, 7) is 3.50. The Morgan fingerprint density at radius 2 is 1.71 bits per heavy atom.